The normalized spacial score (nSPS) is 13.9. The van der Waals surface area contributed by atoms with Crippen molar-refractivity contribution in [3.63, 3.8) is 0 Å². The van der Waals surface area contributed by atoms with Crippen molar-refractivity contribution in [1.29, 1.82) is 0 Å². The Morgan fingerprint density at radius 1 is 1.03 bits per heavy atom. The molecule has 1 fully saturated rings. The molecule has 0 radical (unpaired) electrons. The van der Waals surface area contributed by atoms with Crippen LogP contribution in [0.15, 0.2) is 67.0 Å². The largest absolute Gasteiger partial charge is 0.497 e. The van der Waals surface area contributed by atoms with Gasteiger partial charge >= 0.3 is 0 Å². The smallest absolute Gasteiger partial charge is 0.227 e. The second kappa shape index (κ2) is 11.7. The van der Waals surface area contributed by atoms with Crippen LogP contribution in [0.1, 0.15) is 6.42 Å². The van der Waals surface area contributed by atoms with Gasteiger partial charge in [0.15, 0.2) is 0 Å². The maximum absolute atomic E-state index is 5.97. The molecular weight excluding hydrogens is 456 g/mol. The van der Waals surface area contributed by atoms with E-state index in [1.165, 1.54) is 0 Å². The summed E-state index contributed by atoms with van der Waals surface area (Å²) in [6, 6.07) is 17.5. The summed E-state index contributed by atoms with van der Waals surface area (Å²) in [6.07, 6.45) is 4.47. The van der Waals surface area contributed by atoms with Gasteiger partial charge in [-0.15, -0.1) is 0 Å². The summed E-state index contributed by atoms with van der Waals surface area (Å²) in [7, 11) is 1.65. The highest BCUT2D eigenvalue weighted by atomic mass is 16.5. The van der Waals surface area contributed by atoms with E-state index in [4.69, 9.17) is 14.2 Å². The minimum atomic E-state index is 0.495. The molecule has 36 heavy (non-hydrogen) atoms. The quantitative estimate of drug-likeness (QED) is 0.319. The lowest BCUT2D eigenvalue weighted by Gasteiger charge is -2.26. The Bertz CT molecular complexity index is 1270. The fourth-order valence-electron chi connectivity index (χ4n) is 4.03. The molecule has 0 spiro atoms. The van der Waals surface area contributed by atoms with E-state index in [9.17, 15) is 0 Å². The number of benzene rings is 2. The van der Waals surface area contributed by atoms with Gasteiger partial charge in [0.25, 0.3) is 0 Å². The Balaban J connectivity index is 1.20. The first kappa shape index (κ1) is 23.8. The number of imidazole rings is 1. The van der Waals surface area contributed by atoms with E-state index < -0.39 is 0 Å². The van der Waals surface area contributed by atoms with E-state index >= 15 is 0 Å². The highest BCUT2D eigenvalue weighted by Gasteiger charge is 2.11. The molecule has 2 aromatic carbocycles. The lowest BCUT2D eigenvalue weighted by molar-refractivity contribution is 0.0358. The van der Waals surface area contributed by atoms with Gasteiger partial charge in [0, 0.05) is 43.1 Å². The topological polar surface area (TPSA) is 97.4 Å². The van der Waals surface area contributed by atoms with Crippen LogP contribution in [0.25, 0.3) is 22.8 Å². The molecule has 2 N–H and O–H groups in total. The third-order valence-corrected chi connectivity index (χ3v) is 5.93. The number of aromatic amines is 1. The predicted octanol–water partition coefficient (Wildman–Crippen LogP) is 4.39. The first-order chi connectivity index (χ1) is 17.8. The van der Waals surface area contributed by atoms with Crippen molar-refractivity contribution in [3.05, 3.63) is 67.0 Å². The summed E-state index contributed by atoms with van der Waals surface area (Å²) in [5.41, 5.74) is 3.34. The SMILES string of the molecule is COc1cccc(-c2ncc(-c3ccnc(Nc4cccc(OCCCN5CCOCC5)c4)n3)[nH]2)c1. The fraction of sp³-hybridized carbons (Fsp3) is 0.296. The summed E-state index contributed by atoms with van der Waals surface area (Å²) in [5.74, 6) is 2.84. The van der Waals surface area contributed by atoms with E-state index in [2.05, 4.69) is 30.2 Å². The maximum atomic E-state index is 5.97. The number of methoxy groups -OCH3 is 1. The van der Waals surface area contributed by atoms with Crippen LogP contribution in [0, 0.1) is 0 Å². The molecule has 5 rings (SSSR count). The van der Waals surface area contributed by atoms with Crippen LogP contribution in [0.2, 0.25) is 0 Å². The Morgan fingerprint density at radius 2 is 1.89 bits per heavy atom. The monoisotopic (exact) mass is 486 g/mol. The molecule has 0 amide bonds. The first-order valence-electron chi connectivity index (χ1n) is 12.1. The maximum Gasteiger partial charge on any atom is 0.227 e. The number of anilines is 2. The highest BCUT2D eigenvalue weighted by molar-refractivity contribution is 5.64. The zero-order valence-corrected chi connectivity index (χ0v) is 20.3. The minimum absolute atomic E-state index is 0.495. The van der Waals surface area contributed by atoms with Crippen molar-refractivity contribution in [1.82, 2.24) is 24.8 Å². The van der Waals surface area contributed by atoms with Crippen molar-refractivity contribution < 1.29 is 14.2 Å². The molecule has 0 bridgehead atoms. The Labute approximate surface area is 210 Å². The van der Waals surface area contributed by atoms with E-state index in [0.29, 0.717) is 12.6 Å². The van der Waals surface area contributed by atoms with Gasteiger partial charge in [-0.1, -0.05) is 18.2 Å². The second-order valence-electron chi connectivity index (χ2n) is 8.45. The number of H-pyrrole nitrogens is 1. The molecule has 0 atom stereocenters. The zero-order valence-electron chi connectivity index (χ0n) is 20.3. The molecule has 3 heterocycles. The minimum Gasteiger partial charge on any atom is -0.497 e. The van der Waals surface area contributed by atoms with Crippen molar-refractivity contribution in [2.45, 2.75) is 6.42 Å². The highest BCUT2D eigenvalue weighted by Crippen LogP contribution is 2.25. The van der Waals surface area contributed by atoms with E-state index in [0.717, 1.165) is 79.2 Å². The van der Waals surface area contributed by atoms with Gasteiger partial charge < -0.3 is 24.5 Å². The number of morpholine rings is 1. The van der Waals surface area contributed by atoms with Crippen LogP contribution in [-0.4, -0.2) is 71.4 Å². The summed E-state index contributed by atoms with van der Waals surface area (Å²) in [5, 5.41) is 3.27. The number of nitrogens with zero attached hydrogens (tertiary/aromatic N) is 4. The third kappa shape index (κ3) is 6.18. The van der Waals surface area contributed by atoms with Crippen LogP contribution < -0.4 is 14.8 Å². The number of aromatic nitrogens is 4. The van der Waals surface area contributed by atoms with E-state index in [1.54, 1.807) is 19.5 Å². The Kier molecular flexibility index (Phi) is 7.70. The summed E-state index contributed by atoms with van der Waals surface area (Å²) >= 11 is 0. The van der Waals surface area contributed by atoms with Gasteiger partial charge in [0.05, 0.1) is 44.5 Å². The van der Waals surface area contributed by atoms with Crippen LogP contribution in [-0.2, 0) is 4.74 Å². The molecule has 1 saturated heterocycles. The molecule has 4 aromatic rings. The van der Waals surface area contributed by atoms with Gasteiger partial charge in [0.2, 0.25) is 5.95 Å². The van der Waals surface area contributed by atoms with Crippen molar-refractivity contribution in [2.75, 3.05) is 51.9 Å². The second-order valence-corrected chi connectivity index (χ2v) is 8.45. The van der Waals surface area contributed by atoms with Crippen LogP contribution in [0.5, 0.6) is 11.5 Å². The third-order valence-electron chi connectivity index (χ3n) is 5.93. The van der Waals surface area contributed by atoms with Gasteiger partial charge in [-0.05, 0) is 36.8 Å². The summed E-state index contributed by atoms with van der Waals surface area (Å²) in [4.78, 5) is 19.3. The molecule has 1 aliphatic rings. The van der Waals surface area contributed by atoms with Gasteiger partial charge in [-0.2, -0.15) is 0 Å². The van der Waals surface area contributed by atoms with Crippen molar-refractivity contribution in [3.8, 4) is 34.3 Å². The number of rotatable bonds is 10. The number of ether oxygens (including phenoxy) is 3. The van der Waals surface area contributed by atoms with E-state index in [-0.39, 0.29) is 0 Å². The average molecular weight is 487 g/mol. The van der Waals surface area contributed by atoms with Crippen LogP contribution >= 0.6 is 0 Å². The zero-order chi connectivity index (χ0) is 24.6. The van der Waals surface area contributed by atoms with Gasteiger partial charge in [-0.25, -0.2) is 15.0 Å². The molecular formula is C27H30N6O3. The lowest BCUT2D eigenvalue weighted by Crippen LogP contribution is -2.37. The predicted molar refractivity (Wildman–Crippen MR) is 139 cm³/mol. The average Bonchev–Trinajstić information content (AvgIpc) is 3.43. The fourth-order valence-corrected chi connectivity index (χ4v) is 4.03. The van der Waals surface area contributed by atoms with Crippen LogP contribution in [0.3, 0.4) is 0 Å². The number of hydrogen-bond donors (Lipinski definition) is 2. The molecule has 9 heteroatoms. The molecule has 9 nitrogen and oxygen atoms in total. The molecule has 1 aliphatic heterocycles. The molecule has 0 aliphatic carbocycles. The number of nitrogens with one attached hydrogen (secondary N) is 2. The van der Waals surface area contributed by atoms with Crippen LogP contribution in [0.4, 0.5) is 11.6 Å². The van der Waals surface area contributed by atoms with Gasteiger partial charge in [0.1, 0.15) is 17.3 Å². The molecule has 0 saturated carbocycles. The Hall–Kier alpha value is -3.95. The Morgan fingerprint density at radius 3 is 2.78 bits per heavy atom. The summed E-state index contributed by atoms with van der Waals surface area (Å²) in [6.45, 7) is 5.33. The summed E-state index contributed by atoms with van der Waals surface area (Å²) < 4.78 is 16.7. The van der Waals surface area contributed by atoms with E-state index in [1.807, 2.05) is 54.6 Å². The molecule has 2 aromatic heterocycles. The number of hydrogen-bond acceptors (Lipinski definition) is 8. The molecule has 186 valence electrons. The van der Waals surface area contributed by atoms with Gasteiger partial charge in [-0.3, -0.25) is 4.90 Å². The first-order valence-corrected chi connectivity index (χ1v) is 12.1. The molecule has 0 unspecified atom stereocenters. The standard InChI is InChI=1S/C27H30N6O3/c1-34-22-7-2-5-20(17-22)26-29-19-25(31-26)24-9-10-28-27(32-24)30-21-6-3-8-23(18-21)36-14-4-11-33-12-15-35-16-13-33/h2-3,5-10,17-19H,4,11-16H2,1H3,(H,29,31)(H,28,30,32). The lowest BCUT2D eigenvalue weighted by atomic mass is 10.2. The van der Waals surface area contributed by atoms with Crippen molar-refractivity contribution in [2.24, 2.45) is 0 Å². The van der Waals surface area contributed by atoms with Crippen molar-refractivity contribution >= 4 is 11.6 Å².